The molecule has 1 saturated heterocycles. The van der Waals surface area contributed by atoms with Gasteiger partial charge in [0.25, 0.3) is 0 Å². The molecule has 0 aromatic heterocycles. The van der Waals surface area contributed by atoms with E-state index in [2.05, 4.69) is 17.9 Å². The van der Waals surface area contributed by atoms with Gasteiger partial charge in [0.05, 0.1) is 12.7 Å². The largest absolute Gasteiger partial charge is 0.371 e. The molecule has 4 heteroatoms. The van der Waals surface area contributed by atoms with Crippen LogP contribution in [-0.4, -0.2) is 30.4 Å². The number of carbonyl (C=O) groups excluding carboxylic acids is 1. The lowest BCUT2D eigenvalue weighted by molar-refractivity contribution is -0.0330. The Morgan fingerprint density at radius 2 is 1.88 bits per heavy atom. The highest BCUT2D eigenvalue weighted by Gasteiger charge is 2.24. The van der Waals surface area contributed by atoms with Crippen molar-refractivity contribution in [1.29, 1.82) is 0 Å². The summed E-state index contributed by atoms with van der Waals surface area (Å²) in [5.41, 5.74) is 6.41. The fourth-order valence-electron chi connectivity index (χ4n) is 3.96. The number of hydrogen-bond acceptors (Lipinski definition) is 3. The number of Topliss-reactive ketones (excluding diaryl/α,β-unsaturated/α-hetero) is 1. The van der Waals surface area contributed by atoms with Crippen molar-refractivity contribution in [2.45, 2.75) is 40.3 Å². The van der Waals surface area contributed by atoms with Gasteiger partial charge in [0.15, 0.2) is 5.78 Å². The molecule has 0 aliphatic carbocycles. The van der Waals surface area contributed by atoms with Crippen LogP contribution in [0.25, 0.3) is 0 Å². The molecule has 1 aliphatic rings. The van der Waals surface area contributed by atoms with Gasteiger partial charge in [-0.2, -0.15) is 0 Å². The highest BCUT2D eigenvalue weighted by Crippen LogP contribution is 2.27. The Morgan fingerprint density at radius 3 is 2.54 bits per heavy atom. The third kappa shape index (κ3) is 3.87. The Hall–Kier alpha value is -2.04. The van der Waals surface area contributed by atoms with Crippen molar-refractivity contribution >= 4 is 5.78 Å². The number of nitrogens with zero attached hydrogens (tertiary/aromatic N) is 1. The minimum absolute atomic E-state index is 0.0531. The van der Waals surface area contributed by atoms with Gasteiger partial charge in [-0.05, 0) is 67.6 Å². The number of morpholine rings is 1. The van der Waals surface area contributed by atoms with E-state index in [4.69, 9.17) is 4.74 Å². The van der Waals surface area contributed by atoms with Crippen LogP contribution < -0.4 is 0 Å². The molecule has 0 saturated carbocycles. The van der Waals surface area contributed by atoms with Crippen molar-refractivity contribution in [1.82, 2.24) is 4.90 Å². The average molecular weight is 355 g/mol. The number of aryl methyl sites for hydroxylation is 2. The zero-order valence-corrected chi connectivity index (χ0v) is 15.9. The van der Waals surface area contributed by atoms with E-state index in [1.54, 1.807) is 19.1 Å². The summed E-state index contributed by atoms with van der Waals surface area (Å²) >= 11 is 0. The highest BCUT2D eigenvalue weighted by atomic mass is 19.1. The molecule has 1 atom stereocenters. The molecule has 1 aliphatic heterocycles. The zero-order valence-electron chi connectivity index (χ0n) is 15.9. The Kier molecular flexibility index (Phi) is 5.54. The van der Waals surface area contributed by atoms with E-state index in [9.17, 15) is 9.18 Å². The van der Waals surface area contributed by atoms with Gasteiger partial charge >= 0.3 is 0 Å². The number of rotatable bonds is 4. The van der Waals surface area contributed by atoms with Crippen molar-refractivity contribution in [3.63, 3.8) is 0 Å². The molecule has 138 valence electrons. The van der Waals surface area contributed by atoms with Crippen LogP contribution in [0.2, 0.25) is 0 Å². The van der Waals surface area contributed by atoms with Gasteiger partial charge in [-0.25, -0.2) is 4.39 Å². The number of carbonyl (C=O) groups is 1. The molecule has 1 fully saturated rings. The monoisotopic (exact) mass is 355 g/mol. The SMILES string of the molecule is CC(=O)c1c(C)cc(C)c(CN2CCO[C@@H](c3ccc(F)cc3)C2)c1C. The number of halogens is 1. The Bertz CT molecular complexity index is 814. The van der Waals surface area contributed by atoms with Gasteiger partial charge < -0.3 is 4.74 Å². The van der Waals surface area contributed by atoms with E-state index in [0.717, 1.165) is 41.9 Å². The molecule has 3 nitrogen and oxygen atoms in total. The second-order valence-electron chi connectivity index (χ2n) is 7.19. The van der Waals surface area contributed by atoms with Crippen LogP contribution in [0.4, 0.5) is 4.39 Å². The fraction of sp³-hybridized carbons (Fsp3) is 0.409. The highest BCUT2D eigenvalue weighted by molar-refractivity contribution is 5.97. The topological polar surface area (TPSA) is 29.5 Å². The lowest BCUT2D eigenvalue weighted by Crippen LogP contribution is -2.38. The van der Waals surface area contributed by atoms with Gasteiger partial charge in [-0.1, -0.05) is 18.2 Å². The molecule has 2 aromatic carbocycles. The van der Waals surface area contributed by atoms with Crippen LogP contribution in [0, 0.1) is 26.6 Å². The molecule has 26 heavy (non-hydrogen) atoms. The summed E-state index contributed by atoms with van der Waals surface area (Å²) in [5, 5.41) is 0. The summed E-state index contributed by atoms with van der Waals surface area (Å²) in [6.45, 7) is 10.8. The van der Waals surface area contributed by atoms with Gasteiger partial charge in [-0.3, -0.25) is 9.69 Å². The maximum absolute atomic E-state index is 13.2. The summed E-state index contributed by atoms with van der Waals surface area (Å²) in [7, 11) is 0. The van der Waals surface area contributed by atoms with E-state index in [0.29, 0.717) is 6.61 Å². The van der Waals surface area contributed by atoms with E-state index >= 15 is 0 Å². The third-order valence-corrected chi connectivity index (χ3v) is 5.26. The normalized spacial score (nSPS) is 18.1. The molecule has 1 heterocycles. The summed E-state index contributed by atoms with van der Waals surface area (Å²) in [6.07, 6.45) is -0.0531. The van der Waals surface area contributed by atoms with Crippen molar-refractivity contribution in [2.24, 2.45) is 0 Å². The van der Waals surface area contributed by atoms with Crippen LogP contribution in [0.1, 0.15) is 51.2 Å². The van der Waals surface area contributed by atoms with E-state index in [1.165, 1.54) is 23.3 Å². The Morgan fingerprint density at radius 1 is 1.19 bits per heavy atom. The number of benzene rings is 2. The van der Waals surface area contributed by atoms with Crippen molar-refractivity contribution in [3.8, 4) is 0 Å². The summed E-state index contributed by atoms with van der Waals surface area (Å²) in [5.74, 6) is -0.114. The molecule has 0 unspecified atom stereocenters. The molecule has 2 aromatic rings. The Labute approximate surface area is 154 Å². The van der Waals surface area contributed by atoms with E-state index in [1.807, 2.05) is 13.8 Å². The predicted molar refractivity (Wildman–Crippen MR) is 101 cm³/mol. The Balaban J connectivity index is 1.81. The van der Waals surface area contributed by atoms with E-state index < -0.39 is 0 Å². The minimum Gasteiger partial charge on any atom is -0.371 e. The van der Waals surface area contributed by atoms with Gasteiger partial charge in [0.1, 0.15) is 5.82 Å². The first-order valence-electron chi connectivity index (χ1n) is 9.07. The first kappa shape index (κ1) is 18.7. The quantitative estimate of drug-likeness (QED) is 0.755. The number of ether oxygens (including phenoxy) is 1. The van der Waals surface area contributed by atoms with Gasteiger partial charge in [0, 0.05) is 25.2 Å². The molecule has 0 amide bonds. The maximum atomic E-state index is 13.2. The summed E-state index contributed by atoms with van der Waals surface area (Å²) in [6, 6.07) is 8.65. The van der Waals surface area contributed by atoms with Crippen molar-refractivity contribution < 1.29 is 13.9 Å². The molecular weight excluding hydrogens is 329 g/mol. The zero-order chi connectivity index (χ0) is 18.8. The van der Waals surface area contributed by atoms with Crippen molar-refractivity contribution in [2.75, 3.05) is 19.7 Å². The van der Waals surface area contributed by atoms with Gasteiger partial charge in [0.2, 0.25) is 0 Å². The maximum Gasteiger partial charge on any atom is 0.160 e. The third-order valence-electron chi connectivity index (χ3n) is 5.26. The lowest BCUT2D eigenvalue weighted by atomic mass is 9.91. The molecule has 0 N–H and O–H groups in total. The molecular formula is C22H26FNO2. The average Bonchev–Trinajstić information content (AvgIpc) is 2.59. The van der Waals surface area contributed by atoms with E-state index in [-0.39, 0.29) is 17.7 Å². The molecule has 3 rings (SSSR count). The summed E-state index contributed by atoms with van der Waals surface area (Å²) < 4.78 is 19.1. The molecule has 0 spiro atoms. The smallest absolute Gasteiger partial charge is 0.160 e. The van der Waals surface area contributed by atoms with Gasteiger partial charge in [-0.15, -0.1) is 0 Å². The fourth-order valence-corrected chi connectivity index (χ4v) is 3.96. The first-order valence-corrected chi connectivity index (χ1v) is 9.07. The molecule has 0 radical (unpaired) electrons. The molecule has 0 bridgehead atoms. The number of ketones is 1. The summed E-state index contributed by atoms with van der Waals surface area (Å²) in [4.78, 5) is 14.4. The van der Waals surface area contributed by atoms with Crippen LogP contribution in [0.5, 0.6) is 0 Å². The van der Waals surface area contributed by atoms with Crippen LogP contribution in [-0.2, 0) is 11.3 Å². The standard InChI is InChI=1S/C22H26FNO2/c1-14-11-15(2)22(17(4)25)16(3)20(14)12-24-9-10-26-21(13-24)18-5-7-19(23)8-6-18/h5-8,11,21H,9-10,12-13H2,1-4H3/t21-/m1/s1. The first-order chi connectivity index (χ1) is 12.4. The number of hydrogen-bond donors (Lipinski definition) is 0. The second kappa shape index (κ2) is 7.68. The van der Waals surface area contributed by atoms with Crippen LogP contribution in [0.15, 0.2) is 30.3 Å². The van der Waals surface area contributed by atoms with Crippen LogP contribution in [0.3, 0.4) is 0 Å². The predicted octanol–water partition coefficient (Wildman–Crippen LogP) is 4.53. The van der Waals surface area contributed by atoms with Crippen LogP contribution >= 0.6 is 0 Å². The van der Waals surface area contributed by atoms with Crippen molar-refractivity contribution in [3.05, 3.63) is 69.5 Å². The second-order valence-corrected chi connectivity index (χ2v) is 7.19. The lowest BCUT2D eigenvalue weighted by Gasteiger charge is -2.34. The minimum atomic E-state index is -0.232.